The molecule has 130 valence electrons. The van der Waals surface area contributed by atoms with Gasteiger partial charge in [-0.15, -0.1) is 0 Å². The van der Waals surface area contributed by atoms with E-state index >= 15 is 0 Å². The Morgan fingerprint density at radius 3 is 2.65 bits per heavy atom. The highest BCUT2D eigenvalue weighted by atomic mass is 16.6. The first kappa shape index (κ1) is 19.4. The molecule has 0 aliphatic heterocycles. The minimum Gasteiger partial charge on any atom is -0.444 e. The summed E-state index contributed by atoms with van der Waals surface area (Å²) >= 11 is 0. The second-order valence-electron chi connectivity index (χ2n) is 6.61. The maximum Gasteiger partial charge on any atom is 0.407 e. The average molecular weight is 322 g/mol. The van der Waals surface area contributed by atoms with Crippen molar-refractivity contribution in [2.24, 2.45) is 5.73 Å². The standard InChI is InChI=1S/C17H30N4O2/c1-6-21(12-14-9-7-8-13(2)20-14)15(10-18)11-19-16(22)23-17(3,4)5/h7-9,15H,6,10-12,18H2,1-5H3,(H,19,22). The van der Waals surface area contributed by atoms with Crippen LogP contribution in [0.1, 0.15) is 39.1 Å². The second kappa shape index (κ2) is 8.84. The number of alkyl carbamates (subject to hydrolysis) is 1. The molecule has 23 heavy (non-hydrogen) atoms. The molecule has 1 amide bonds. The van der Waals surface area contributed by atoms with Gasteiger partial charge in [-0.1, -0.05) is 13.0 Å². The van der Waals surface area contributed by atoms with E-state index in [-0.39, 0.29) is 6.04 Å². The van der Waals surface area contributed by atoms with E-state index in [2.05, 4.69) is 22.1 Å². The smallest absolute Gasteiger partial charge is 0.407 e. The van der Waals surface area contributed by atoms with Gasteiger partial charge in [-0.25, -0.2) is 4.79 Å². The summed E-state index contributed by atoms with van der Waals surface area (Å²) in [7, 11) is 0. The molecular weight excluding hydrogens is 292 g/mol. The van der Waals surface area contributed by atoms with Crippen molar-refractivity contribution in [3.8, 4) is 0 Å². The monoisotopic (exact) mass is 322 g/mol. The summed E-state index contributed by atoms with van der Waals surface area (Å²) < 4.78 is 5.26. The number of likely N-dealkylation sites (N-methyl/N-ethyl adjacent to an activating group) is 1. The lowest BCUT2D eigenvalue weighted by Gasteiger charge is -2.30. The van der Waals surface area contributed by atoms with Gasteiger partial charge in [0.05, 0.1) is 5.69 Å². The molecule has 0 saturated carbocycles. The fourth-order valence-corrected chi connectivity index (χ4v) is 2.27. The van der Waals surface area contributed by atoms with Gasteiger partial charge >= 0.3 is 6.09 Å². The first-order valence-corrected chi connectivity index (χ1v) is 8.08. The van der Waals surface area contributed by atoms with Crippen LogP contribution < -0.4 is 11.1 Å². The number of hydrogen-bond acceptors (Lipinski definition) is 5. The van der Waals surface area contributed by atoms with Gasteiger partial charge in [-0.05, 0) is 46.4 Å². The Hall–Kier alpha value is -1.66. The number of amides is 1. The zero-order chi connectivity index (χ0) is 17.5. The molecule has 3 N–H and O–H groups in total. The van der Waals surface area contributed by atoms with Gasteiger partial charge in [-0.3, -0.25) is 9.88 Å². The molecule has 0 aliphatic carbocycles. The van der Waals surface area contributed by atoms with Crippen LogP contribution in [0.2, 0.25) is 0 Å². The molecule has 0 saturated heterocycles. The Balaban J connectivity index is 2.61. The van der Waals surface area contributed by atoms with Crippen LogP contribution in [0.4, 0.5) is 4.79 Å². The summed E-state index contributed by atoms with van der Waals surface area (Å²) in [5, 5.41) is 2.80. The molecule has 1 unspecified atom stereocenters. The molecule has 0 aromatic carbocycles. The first-order chi connectivity index (χ1) is 10.7. The maximum absolute atomic E-state index is 11.8. The molecule has 0 fully saturated rings. The summed E-state index contributed by atoms with van der Waals surface area (Å²) in [6, 6.07) is 6.02. The highest BCUT2D eigenvalue weighted by molar-refractivity contribution is 5.67. The van der Waals surface area contributed by atoms with Gasteiger partial charge in [0.15, 0.2) is 0 Å². The number of aryl methyl sites for hydroxylation is 1. The quantitative estimate of drug-likeness (QED) is 0.803. The molecule has 1 aromatic rings. The third-order valence-corrected chi connectivity index (χ3v) is 3.39. The van der Waals surface area contributed by atoms with E-state index < -0.39 is 11.7 Å². The Morgan fingerprint density at radius 2 is 2.13 bits per heavy atom. The van der Waals surface area contributed by atoms with E-state index in [1.54, 1.807) is 0 Å². The number of nitrogens with one attached hydrogen (secondary N) is 1. The molecular formula is C17H30N4O2. The molecule has 1 rings (SSSR count). The minimum atomic E-state index is -0.502. The van der Waals surface area contributed by atoms with Gasteiger partial charge in [0.25, 0.3) is 0 Å². The molecule has 1 heterocycles. The van der Waals surface area contributed by atoms with Gasteiger partial charge in [0.2, 0.25) is 0 Å². The number of pyridine rings is 1. The third-order valence-electron chi connectivity index (χ3n) is 3.39. The van der Waals surface area contributed by atoms with Crippen molar-refractivity contribution in [1.29, 1.82) is 0 Å². The van der Waals surface area contributed by atoms with Crippen LogP contribution in [0.15, 0.2) is 18.2 Å². The topological polar surface area (TPSA) is 80.5 Å². The molecule has 0 bridgehead atoms. The average Bonchev–Trinajstić information content (AvgIpc) is 2.44. The van der Waals surface area contributed by atoms with Crippen molar-refractivity contribution in [3.63, 3.8) is 0 Å². The molecule has 1 atom stereocenters. The van der Waals surface area contributed by atoms with E-state index in [9.17, 15) is 4.79 Å². The van der Waals surface area contributed by atoms with Crippen molar-refractivity contribution in [3.05, 3.63) is 29.6 Å². The van der Waals surface area contributed by atoms with E-state index in [1.807, 2.05) is 45.9 Å². The maximum atomic E-state index is 11.8. The van der Waals surface area contributed by atoms with Crippen LogP contribution in [-0.4, -0.2) is 47.3 Å². The predicted molar refractivity (Wildman–Crippen MR) is 92.1 cm³/mol. The largest absolute Gasteiger partial charge is 0.444 e. The SMILES string of the molecule is CCN(Cc1cccc(C)n1)C(CN)CNC(=O)OC(C)(C)C. The normalized spacial score (nSPS) is 13.0. The molecule has 6 nitrogen and oxygen atoms in total. The lowest BCUT2D eigenvalue weighted by atomic mass is 10.2. The van der Waals surface area contributed by atoms with Crippen molar-refractivity contribution in [2.45, 2.75) is 52.8 Å². The third kappa shape index (κ3) is 7.43. The molecule has 0 spiro atoms. The van der Waals surface area contributed by atoms with Crippen LogP contribution in [0, 0.1) is 6.92 Å². The second-order valence-corrected chi connectivity index (χ2v) is 6.61. The van der Waals surface area contributed by atoms with Crippen LogP contribution in [0.25, 0.3) is 0 Å². The van der Waals surface area contributed by atoms with Gasteiger partial charge < -0.3 is 15.8 Å². The Morgan fingerprint density at radius 1 is 1.43 bits per heavy atom. The molecule has 6 heteroatoms. The number of ether oxygens (including phenoxy) is 1. The summed E-state index contributed by atoms with van der Waals surface area (Å²) in [4.78, 5) is 18.5. The Bertz CT molecular complexity index is 500. The molecule has 1 aromatic heterocycles. The van der Waals surface area contributed by atoms with Gasteiger partial charge in [0, 0.05) is 31.4 Å². The summed E-state index contributed by atoms with van der Waals surface area (Å²) in [5.41, 5.74) is 7.39. The van der Waals surface area contributed by atoms with Crippen molar-refractivity contribution in [1.82, 2.24) is 15.2 Å². The Kier molecular flexibility index (Phi) is 7.45. The van der Waals surface area contributed by atoms with Gasteiger partial charge in [-0.2, -0.15) is 0 Å². The number of hydrogen-bond donors (Lipinski definition) is 2. The fraction of sp³-hybridized carbons (Fsp3) is 0.647. The van der Waals surface area contributed by atoms with Gasteiger partial charge in [0.1, 0.15) is 5.60 Å². The van der Waals surface area contributed by atoms with E-state index in [4.69, 9.17) is 10.5 Å². The number of carbonyl (C=O) groups excluding carboxylic acids is 1. The van der Waals surface area contributed by atoms with Crippen LogP contribution >= 0.6 is 0 Å². The van der Waals surface area contributed by atoms with Crippen LogP contribution in [0.3, 0.4) is 0 Å². The fourth-order valence-electron chi connectivity index (χ4n) is 2.27. The number of nitrogens with two attached hydrogens (primary N) is 1. The predicted octanol–water partition coefficient (Wildman–Crippen LogP) is 2.06. The van der Waals surface area contributed by atoms with E-state index in [0.717, 1.165) is 17.9 Å². The summed E-state index contributed by atoms with van der Waals surface area (Å²) in [6.45, 7) is 12.0. The van der Waals surface area contributed by atoms with Crippen molar-refractivity contribution in [2.75, 3.05) is 19.6 Å². The number of rotatable bonds is 7. The van der Waals surface area contributed by atoms with Crippen molar-refractivity contribution < 1.29 is 9.53 Å². The lowest BCUT2D eigenvalue weighted by molar-refractivity contribution is 0.0507. The highest BCUT2D eigenvalue weighted by Gasteiger charge is 2.20. The first-order valence-electron chi connectivity index (χ1n) is 8.08. The lowest BCUT2D eigenvalue weighted by Crippen LogP contribution is -2.48. The number of carbonyl (C=O) groups is 1. The van der Waals surface area contributed by atoms with E-state index in [1.165, 1.54) is 0 Å². The summed E-state index contributed by atoms with van der Waals surface area (Å²) in [5.74, 6) is 0. The van der Waals surface area contributed by atoms with E-state index in [0.29, 0.717) is 19.6 Å². The highest BCUT2D eigenvalue weighted by Crippen LogP contribution is 2.08. The molecule has 0 aliphatic rings. The minimum absolute atomic E-state index is 0.0369. The summed E-state index contributed by atoms with van der Waals surface area (Å²) in [6.07, 6.45) is -0.416. The molecule has 0 radical (unpaired) electrons. The Labute approximate surface area is 139 Å². The zero-order valence-electron chi connectivity index (χ0n) is 14.9. The zero-order valence-corrected chi connectivity index (χ0v) is 14.9. The number of aromatic nitrogens is 1. The van der Waals surface area contributed by atoms with Crippen LogP contribution in [-0.2, 0) is 11.3 Å². The van der Waals surface area contributed by atoms with Crippen LogP contribution in [0.5, 0.6) is 0 Å². The number of nitrogens with zero attached hydrogens (tertiary/aromatic N) is 2. The van der Waals surface area contributed by atoms with Crippen molar-refractivity contribution >= 4 is 6.09 Å².